The second-order valence-corrected chi connectivity index (χ2v) is 11.9. The largest absolute Gasteiger partial charge is 0.311 e. The van der Waals surface area contributed by atoms with E-state index >= 15 is 0 Å². The lowest BCUT2D eigenvalue weighted by Gasteiger charge is -2.44. The van der Waals surface area contributed by atoms with E-state index < -0.39 is 18.8 Å². The van der Waals surface area contributed by atoms with E-state index in [9.17, 15) is 5.48 Å². The summed E-state index contributed by atoms with van der Waals surface area (Å²) in [6.07, 6.45) is 0. The molecule has 0 spiro atoms. The molecule has 0 atom stereocenters. The monoisotopic (exact) mass is 591 g/mol. The van der Waals surface area contributed by atoms with Crippen LogP contribution in [0, 0.1) is 0 Å². The van der Waals surface area contributed by atoms with Gasteiger partial charge in [-0.2, -0.15) is 0 Å². The fourth-order valence-electron chi connectivity index (χ4n) is 7.99. The first-order valence-corrected chi connectivity index (χ1v) is 15.3. The van der Waals surface area contributed by atoms with Crippen LogP contribution in [0.3, 0.4) is 0 Å². The Morgan fingerprint density at radius 2 is 1.13 bits per heavy atom. The van der Waals surface area contributed by atoms with Gasteiger partial charge in [0.25, 0.3) is 6.71 Å². The molecular formula is C42H26BN3. The Balaban J connectivity index is 1.43. The van der Waals surface area contributed by atoms with E-state index in [2.05, 4.69) is 46.2 Å². The number of fused-ring (bicyclic) bond motifs is 11. The van der Waals surface area contributed by atoms with Crippen molar-refractivity contribution in [3.8, 4) is 0 Å². The molecule has 2 aromatic heterocycles. The molecule has 4 heterocycles. The van der Waals surface area contributed by atoms with Crippen molar-refractivity contribution < 1.29 is 11.0 Å². The molecule has 0 fully saturated rings. The molecule has 0 saturated carbocycles. The normalized spacial score (nSPS) is 16.0. The van der Waals surface area contributed by atoms with Gasteiger partial charge in [0.05, 0.1) is 33.2 Å². The van der Waals surface area contributed by atoms with E-state index in [4.69, 9.17) is 5.48 Å². The van der Waals surface area contributed by atoms with Crippen LogP contribution in [0.25, 0.3) is 38.1 Å². The van der Waals surface area contributed by atoms with Gasteiger partial charge >= 0.3 is 0 Å². The average molecular weight is 592 g/mol. The van der Waals surface area contributed by atoms with Gasteiger partial charge in [0.15, 0.2) is 0 Å². The minimum Gasteiger partial charge on any atom is -0.311 e. The van der Waals surface area contributed by atoms with Crippen LogP contribution in [0.5, 0.6) is 0 Å². The smallest absolute Gasteiger partial charge is 0.252 e. The number of benzene rings is 7. The highest BCUT2D eigenvalue weighted by Gasteiger charge is 2.44. The molecular weight excluding hydrogens is 557 g/mol. The second-order valence-electron chi connectivity index (χ2n) is 11.9. The van der Waals surface area contributed by atoms with Crippen LogP contribution >= 0.6 is 0 Å². The van der Waals surface area contributed by atoms with Gasteiger partial charge in [-0.15, -0.1) is 0 Å². The molecule has 0 unspecified atom stereocenters. The van der Waals surface area contributed by atoms with Crippen molar-refractivity contribution in [3.63, 3.8) is 0 Å². The van der Waals surface area contributed by atoms with Crippen molar-refractivity contribution in [1.29, 1.82) is 0 Å². The summed E-state index contributed by atoms with van der Waals surface area (Å²) in [6.45, 7) is -0.463. The van der Waals surface area contributed by atoms with Crippen molar-refractivity contribution in [2.24, 2.45) is 0 Å². The van der Waals surface area contributed by atoms with Gasteiger partial charge in [-0.25, -0.2) is 0 Å². The number of nitrogens with zero attached hydrogens (tertiary/aromatic N) is 3. The predicted octanol–water partition coefficient (Wildman–Crippen LogP) is 8.92. The second kappa shape index (κ2) is 8.80. The summed E-state index contributed by atoms with van der Waals surface area (Å²) in [7, 11) is 0. The zero-order valence-corrected chi connectivity index (χ0v) is 24.3. The van der Waals surface area contributed by atoms with Crippen LogP contribution in [0.2, 0.25) is 0 Å². The van der Waals surface area contributed by atoms with Gasteiger partial charge in [-0.05, 0) is 70.9 Å². The topological polar surface area (TPSA) is 10.9 Å². The Hall–Kier alpha value is -6.00. The first-order chi connectivity index (χ1) is 26.2. The van der Waals surface area contributed by atoms with Gasteiger partial charge in [0, 0.05) is 50.0 Å². The molecule has 4 heteroatoms. The lowest BCUT2D eigenvalue weighted by atomic mass is 9.33. The first-order valence-electron chi connectivity index (χ1n) is 19.3. The lowest BCUT2D eigenvalue weighted by Crippen LogP contribution is -2.61. The molecule has 9 aromatic rings. The number of aromatic nitrogens is 1. The molecule has 0 N–H and O–H groups in total. The zero-order chi connectivity index (χ0) is 36.9. The molecule has 46 heavy (non-hydrogen) atoms. The Morgan fingerprint density at radius 1 is 0.500 bits per heavy atom. The standard InChI is InChI=1S/C42H26BN3/c1-3-14-27(15-4-1)44-36-23-12-9-20-32(36)43-33-26-31-29-18-7-10-21-34(29)46-35-22-11-8-19-30(35)39(41(31)46)42(33)45(28-16-5-2-6-17-28)38-25-13-24-37(44)40(38)43/h1-26H/i7D,8D,10D,11D,18D,21D,22D,26D. The quantitative estimate of drug-likeness (QED) is 0.186. The van der Waals surface area contributed by atoms with Crippen LogP contribution in [-0.4, -0.2) is 11.1 Å². The van der Waals surface area contributed by atoms with Gasteiger partial charge in [0.1, 0.15) is 0 Å². The molecule has 0 bridgehead atoms. The first kappa shape index (κ1) is 18.1. The Bertz CT molecular complexity index is 3110. The maximum absolute atomic E-state index is 10.3. The van der Waals surface area contributed by atoms with Gasteiger partial charge in [0.2, 0.25) is 0 Å². The highest BCUT2D eigenvalue weighted by atomic mass is 15.2. The Labute approximate surface area is 277 Å². The maximum Gasteiger partial charge on any atom is 0.252 e. The molecule has 0 radical (unpaired) electrons. The lowest BCUT2D eigenvalue weighted by molar-refractivity contribution is 1.26. The summed E-state index contributed by atoms with van der Waals surface area (Å²) in [4.78, 5) is 4.41. The molecule has 0 saturated heterocycles. The minimum absolute atomic E-state index is 0.126. The zero-order valence-electron chi connectivity index (χ0n) is 32.3. The predicted molar refractivity (Wildman–Crippen MR) is 195 cm³/mol. The van der Waals surface area contributed by atoms with Crippen LogP contribution in [-0.2, 0) is 0 Å². The van der Waals surface area contributed by atoms with Gasteiger partial charge in [-0.3, -0.25) is 0 Å². The fourth-order valence-corrected chi connectivity index (χ4v) is 7.99. The van der Waals surface area contributed by atoms with Crippen LogP contribution in [0.15, 0.2) is 158 Å². The summed E-state index contributed by atoms with van der Waals surface area (Å²) in [5, 5.41) is 1.71. The van der Waals surface area contributed by atoms with Gasteiger partial charge < -0.3 is 14.2 Å². The number of anilines is 6. The molecule has 0 aliphatic carbocycles. The summed E-state index contributed by atoms with van der Waals surface area (Å²) in [5.74, 6) is 0. The molecule has 11 rings (SSSR count). The summed E-state index contributed by atoms with van der Waals surface area (Å²) in [6, 6.07) is 34.3. The molecule has 0 amide bonds. The molecule has 212 valence electrons. The van der Waals surface area contributed by atoms with Crippen LogP contribution < -0.4 is 26.2 Å². The third-order valence-corrected chi connectivity index (χ3v) is 9.67. The molecule has 2 aliphatic heterocycles. The summed E-state index contributed by atoms with van der Waals surface area (Å²) >= 11 is 0. The van der Waals surface area contributed by atoms with E-state index in [1.165, 1.54) is 0 Å². The third kappa shape index (κ3) is 2.94. The van der Waals surface area contributed by atoms with Gasteiger partial charge in [-0.1, -0.05) is 103 Å². The van der Waals surface area contributed by atoms with E-state index in [-0.39, 0.29) is 52.7 Å². The van der Waals surface area contributed by atoms with Crippen molar-refractivity contribution in [3.05, 3.63) is 158 Å². The number of rotatable bonds is 2. The van der Waals surface area contributed by atoms with Crippen molar-refractivity contribution in [2.75, 3.05) is 9.80 Å². The Morgan fingerprint density at radius 3 is 1.93 bits per heavy atom. The Kier molecular flexibility index (Phi) is 3.46. The fraction of sp³-hybridized carbons (Fsp3) is 0. The third-order valence-electron chi connectivity index (χ3n) is 9.67. The molecule has 3 nitrogen and oxygen atoms in total. The molecule has 2 aliphatic rings. The van der Waals surface area contributed by atoms with Crippen molar-refractivity contribution >= 4 is 95.3 Å². The highest BCUT2D eigenvalue weighted by molar-refractivity contribution is 7.00. The SMILES string of the molecule is [2H]c1cc2c3c4c(c([2H])c5c6c([2H])c([2H])c([2H])c([2H])c6n(c2c([2H])c1[2H])c35)B1c2ccccc2N(c2ccccc2)c2cccc(c21)N4c1ccccc1. The number of para-hydroxylation sites is 5. The van der Waals surface area contributed by atoms with Crippen LogP contribution in [0.4, 0.5) is 34.1 Å². The average Bonchev–Trinajstić information content (AvgIpc) is 3.71. The number of hydrogen-bond donors (Lipinski definition) is 0. The number of hydrogen-bond acceptors (Lipinski definition) is 2. The van der Waals surface area contributed by atoms with E-state index in [1.54, 1.807) is 10.5 Å². The highest BCUT2D eigenvalue weighted by Crippen LogP contribution is 2.49. The maximum atomic E-state index is 10.3. The van der Waals surface area contributed by atoms with Crippen molar-refractivity contribution in [2.45, 2.75) is 0 Å². The molecule has 7 aromatic carbocycles. The summed E-state index contributed by atoms with van der Waals surface area (Å²) < 4.78 is 74.5. The minimum atomic E-state index is -0.463. The van der Waals surface area contributed by atoms with E-state index in [1.807, 2.05) is 66.7 Å². The van der Waals surface area contributed by atoms with Crippen LogP contribution in [0.1, 0.15) is 11.0 Å². The van der Waals surface area contributed by atoms with E-state index in [0.717, 1.165) is 39.4 Å². The summed E-state index contributed by atoms with van der Waals surface area (Å²) in [5.41, 5.74) is 8.85. The van der Waals surface area contributed by atoms with Crippen molar-refractivity contribution in [1.82, 2.24) is 4.40 Å². The van der Waals surface area contributed by atoms with E-state index in [0.29, 0.717) is 32.8 Å².